The smallest absolute Gasteiger partial charge is 0.181 e. The van der Waals surface area contributed by atoms with E-state index in [1.807, 2.05) is 19.3 Å². The number of halogens is 1. The van der Waals surface area contributed by atoms with Gasteiger partial charge in [0.15, 0.2) is 12.2 Å². The zero-order valence-corrected chi connectivity index (χ0v) is 7.82. The molecule has 0 saturated carbocycles. The standard InChI is InChI=1S/C8H8ClN3O/c1-12-3-2-6(11-12)8-7(4-9)10-5-13-8/h2-3,5H,4H2,1H3. The lowest BCUT2D eigenvalue weighted by Gasteiger charge is -1.91. The Bertz CT molecular complexity index is 407. The number of oxazole rings is 1. The third-order valence-corrected chi connectivity index (χ3v) is 1.97. The van der Waals surface area contributed by atoms with Gasteiger partial charge in [-0.3, -0.25) is 4.68 Å². The van der Waals surface area contributed by atoms with Crippen LogP contribution in [-0.2, 0) is 12.9 Å². The van der Waals surface area contributed by atoms with Gasteiger partial charge in [-0.25, -0.2) is 4.98 Å². The van der Waals surface area contributed by atoms with Gasteiger partial charge in [0.2, 0.25) is 0 Å². The SMILES string of the molecule is Cn1ccc(-c2ocnc2CCl)n1. The normalized spacial score (nSPS) is 10.6. The molecule has 0 spiro atoms. The van der Waals surface area contributed by atoms with E-state index < -0.39 is 0 Å². The van der Waals surface area contributed by atoms with Gasteiger partial charge >= 0.3 is 0 Å². The van der Waals surface area contributed by atoms with Gasteiger partial charge in [-0.05, 0) is 6.07 Å². The highest BCUT2D eigenvalue weighted by Gasteiger charge is 2.11. The molecule has 0 aliphatic heterocycles. The van der Waals surface area contributed by atoms with Gasteiger partial charge in [0, 0.05) is 13.2 Å². The Morgan fingerprint density at radius 2 is 2.46 bits per heavy atom. The number of aryl methyl sites for hydroxylation is 1. The second-order valence-electron chi connectivity index (χ2n) is 2.64. The van der Waals surface area contributed by atoms with Crippen molar-refractivity contribution in [3.8, 4) is 11.5 Å². The summed E-state index contributed by atoms with van der Waals surface area (Å²) in [6, 6.07) is 1.86. The molecule has 2 aromatic rings. The Balaban J connectivity index is 2.45. The Labute approximate surface area is 80.1 Å². The predicted octanol–water partition coefficient (Wildman–Crippen LogP) is 1.81. The third-order valence-electron chi connectivity index (χ3n) is 1.71. The zero-order valence-electron chi connectivity index (χ0n) is 7.07. The van der Waals surface area contributed by atoms with E-state index in [0.29, 0.717) is 11.6 Å². The number of alkyl halides is 1. The first kappa shape index (κ1) is 8.31. The fourth-order valence-corrected chi connectivity index (χ4v) is 1.30. The van der Waals surface area contributed by atoms with Crippen LogP contribution in [0.25, 0.3) is 11.5 Å². The van der Waals surface area contributed by atoms with E-state index in [1.54, 1.807) is 4.68 Å². The van der Waals surface area contributed by atoms with Gasteiger partial charge in [0.1, 0.15) is 11.4 Å². The summed E-state index contributed by atoms with van der Waals surface area (Å²) in [4.78, 5) is 3.97. The number of rotatable bonds is 2. The van der Waals surface area contributed by atoms with E-state index in [4.69, 9.17) is 16.0 Å². The first-order chi connectivity index (χ1) is 6.31. The maximum atomic E-state index is 5.67. The van der Waals surface area contributed by atoms with Gasteiger partial charge in [-0.2, -0.15) is 5.10 Å². The third kappa shape index (κ3) is 1.45. The molecule has 0 fully saturated rings. The molecule has 2 aromatic heterocycles. The van der Waals surface area contributed by atoms with Crippen LogP contribution in [0.4, 0.5) is 0 Å². The topological polar surface area (TPSA) is 43.9 Å². The van der Waals surface area contributed by atoms with E-state index in [0.717, 1.165) is 11.4 Å². The summed E-state index contributed by atoms with van der Waals surface area (Å²) in [6.07, 6.45) is 3.22. The average molecular weight is 198 g/mol. The molecule has 68 valence electrons. The van der Waals surface area contributed by atoms with E-state index >= 15 is 0 Å². The van der Waals surface area contributed by atoms with Crippen LogP contribution >= 0.6 is 11.6 Å². The van der Waals surface area contributed by atoms with Crippen molar-refractivity contribution in [1.82, 2.24) is 14.8 Å². The Hall–Kier alpha value is -1.29. The second-order valence-corrected chi connectivity index (χ2v) is 2.90. The molecule has 0 aliphatic rings. The number of aromatic nitrogens is 3. The minimum Gasteiger partial charge on any atom is -0.441 e. The molecule has 2 rings (SSSR count). The lowest BCUT2D eigenvalue weighted by atomic mass is 10.3. The molecule has 0 atom stereocenters. The maximum absolute atomic E-state index is 5.67. The monoisotopic (exact) mass is 197 g/mol. The van der Waals surface area contributed by atoms with Crippen molar-refractivity contribution in [2.24, 2.45) is 7.05 Å². The van der Waals surface area contributed by atoms with Crippen LogP contribution in [0.1, 0.15) is 5.69 Å². The first-order valence-corrected chi connectivity index (χ1v) is 4.33. The molecule has 13 heavy (non-hydrogen) atoms. The summed E-state index contributed by atoms with van der Waals surface area (Å²) in [5.41, 5.74) is 1.48. The molecule has 0 amide bonds. The van der Waals surface area contributed by atoms with Crippen LogP contribution in [0.2, 0.25) is 0 Å². The molecular weight excluding hydrogens is 190 g/mol. The number of hydrogen-bond acceptors (Lipinski definition) is 3. The molecule has 4 nitrogen and oxygen atoms in total. The minimum atomic E-state index is 0.336. The summed E-state index contributed by atoms with van der Waals surface area (Å²) in [7, 11) is 1.85. The van der Waals surface area contributed by atoms with E-state index in [1.165, 1.54) is 6.39 Å². The number of nitrogens with zero attached hydrogens (tertiary/aromatic N) is 3. The zero-order chi connectivity index (χ0) is 9.26. The summed E-state index contributed by atoms with van der Waals surface area (Å²) in [5.74, 6) is 0.984. The van der Waals surface area contributed by atoms with Crippen LogP contribution < -0.4 is 0 Å². The highest BCUT2D eigenvalue weighted by Crippen LogP contribution is 2.21. The molecule has 0 unspecified atom stereocenters. The highest BCUT2D eigenvalue weighted by atomic mass is 35.5. The quantitative estimate of drug-likeness (QED) is 0.690. The summed E-state index contributed by atoms with van der Waals surface area (Å²) in [6.45, 7) is 0. The molecule has 0 saturated heterocycles. The highest BCUT2D eigenvalue weighted by molar-refractivity contribution is 6.17. The maximum Gasteiger partial charge on any atom is 0.181 e. The molecule has 0 bridgehead atoms. The summed E-state index contributed by atoms with van der Waals surface area (Å²) >= 11 is 5.67. The lowest BCUT2D eigenvalue weighted by Crippen LogP contribution is -1.89. The van der Waals surface area contributed by atoms with Crippen molar-refractivity contribution in [3.05, 3.63) is 24.4 Å². The minimum absolute atomic E-state index is 0.336. The Kier molecular flexibility index (Phi) is 2.06. The van der Waals surface area contributed by atoms with Crippen molar-refractivity contribution in [2.45, 2.75) is 5.88 Å². The molecule has 0 aliphatic carbocycles. The van der Waals surface area contributed by atoms with Crippen molar-refractivity contribution >= 4 is 11.6 Å². The number of hydrogen-bond donors (Lipinski definition) is 0. The largest absolute Gasteiger partial charge is 0.441 e. The van der Waals surface area contributed by atoms with Crippen LogP contribution in [0.15, 0.2) is 23.1 Å². The van der Waals surface area contributed by atoms with Crippen molar-refractivity contribution in [3.63, 3.8) is 0 Å². The molecule has 5 heteroatoms. The van der Waals surface area contributed by atoms with Crippen LogP contribution in [0.3, 0.4) is 0 Å². The van der Waals surface area contributed by atoms with Gasteiger partial charge < -0.3 is 4.42 Å². The van der Waals surface area contributed by atoms with Crippen molar-refractivity contribution in [1.29, 1.82) is 0 Å². The molecule has 0 radical (unpaired) electrons. The Morgan fingerprint density at radius 1 is 1.62 bits per heavy atom. The molecule has 0 aromatic carbocycles. The molecule has 2 heterocycles. The van der Waals surface area contributed by atoms with Gasteiger partial charge in [-0.1, -0.05) is 0 Å². The van der Waals surface area contributed by atoms with Crippen LogP contribution in [0, 0.1) is 0 Å². The molecular formula is C8H8ClN3O. The van der Waals surface area contributed by atoms with Gasteiger partial charge in [0.25, 0.3) is 0 Å². The van der Waals surface area contributed by atoms with E-state index in [-0.39, 0.29) is 0 Å². The fraction of sp³-hybridized carbons (Fsp3) is 0.250. The van der Waals surface area contributed by atoms with Crippen molar-refractivity contribution in [2.75, 3.05) is 0 Å². The molecule has 0 N–H and O–H groups in total. The summed E-state index contributed by atoms with van der Waals surface area (Å²) in [5, 5.41) is 4.19. The van der Waals surface area contributed by atoms with Crippen molar-refractivity contribution < 1.29 is 4.42 Å². The second kappa shape index (κ2) is 3.22. The van der Waals surface area contributed by atoms with Gasteiger partial charge in [-0.15, -0.1) is 11.6 Å². The fourth-order valence-electron chi connectivity index (χ4n) is 1.11. The Morgan fingerprint density at radius 3 is 3.08 bits per heavy atom. The average Bonchev–Trinajstić information content (AvgIpc) is 2.71. The summed E-state index contributed by atoms with van der Waals surface area (Å²) < 4.78 is 6.89. The predicted molar refractivity (Wildman–Crippen MR) is 48.3 cm³/mol. The van der Waals surface area contributed by atoms with E-state index in [9.17, 15) is 0 Å². The lowest BCUT2D eigenvalue weighted by molar-refractivity contribution is 0.567. The van der Waals surface area contributed by atoms with Crippen LogP contribution in [0.5, 0.6) is 0 Å². The van der Waals surface area contributed by atoms with Gasteiger partial charge in [0.05, 0.1) is 5.88 Å². The van der Waals surface area contributed by atoms with Crippen LogP contribution in [-0.4, -0.2) is 14.8 Å². The van der Waals surface area contributed by atoms with E-state index in [2.05, 4.69) is 10.1 Å². The first-order valence-electron chi connectivity index (χ1n) is 3.79.